The van der Waals surface area contributed by atoms with E-state index in [2.05, 4.69) is 50.2 Å². The maximum absolute atomic E-state index is 14.9. The average Bonchev–Trinajstić information content (AvgIpc) is 2.83. The largest absolute Gasteiger partial charge is 0.206 e. The van der Waals surface area contributed by atoms with Crippen molar-refractivity contribution in [1.29, 1.82) is 0 Å². The molecule has 1 heteroatoms. The molecule has 1 aliphatic carbocycles. The minimum Gasteiger partial charge on any atom is -0.206 e. The van der Waals surface area contributed by atoms with Crippen LogP contribution in [0.25, 0.3) is 22.3 Å². The van der Waals surface area contributed by atoms with E-state index >= 15 is 0 Å². The third-order valence-electron chi connectivity index (χ3n) is 7.17. The first-order valence-corrected chi connectivity index (χ1v) is 12.2. The van der Waals surface area contributed by atoms with Gasteiger partial charge in [0.15, 0.2) is 0 Å². The molecule has 0 nitrogen and oxygen atoms in total. The molecule has 1 fully saturated rings. The highest BCUT2D eigenvalue weighted by atomic mass is 19.1. The van der Waals surface area contributed by atoms with Gasteiger partial charge in [0.2, 0.25) is 0 Å². The highest BCUT2D eigenvalue weighted by Crippen LogP contribution is 2.38. The van der Waals surface area contributed by atoms with Gasteiger partial charge in [-0.3, -0.25) is 0 Å². The number of halogens is 1. The Morgan fingerprint density at radius 2 is 1.39 bits per heavy atom. The van der Waals surface area contributed by atoms with Gasteiger partial charge in [0.05, 0.1) is 0 Å². The molecule has 31 heavy (non-hydrogen) atoms. The molecule has 0 saturated heterocycles. The SMILES string of the molecule is CCCCC1CCC(c2ccc(-c3ccc(-c4ccc(CC)cc4)c(F)c3)cc2)CC1. The van der Waals surface area contributed by atoms with E-state index < -0.39 is 0 Å². The molecule has 3 aromatic rings. The lowest BCUT2D eigenvalue weighted by molar-refractivity contribution is 0.304. The Labute approximate surface area is 187 Å². The lowest BCUT2D eigenvalue weighted by Gasteiger charge is -2.29. The maximum atomic E-state index is 14.9. The smallest absolute Gasteiger partial charge is 0.131 e. The summed E-state index contributed by atoms with van der Waals surface area (Å²) < 4.78 is 14.9. The third kappa shape index (κ3) is 5.26. The van der Waals surface area contributed by atoms with E-state index in [1.54, 1.807) is 6.07 Å². The summed E-state index contributed by atoms with van der Waals surface area (Å²) in [5.74, 6) is 1.48. The maximum Gasteiger partial charge on any atom is 0.131 e. The Hall–Kier alpha value is -2.41. The Morgan fingerprint density at radius 1 is 0.742 bits per heavy atom. The van der Waals surface area contributed by atoms with E-state index in [9.17, 15) is 4.39 Å². The van der Waals surface area contributed by atoms with E-state index in [1.807, 2.05) is 24.3 Å². The van der Waals surface area contributed by atoms with Gasteiger partial charge in [-0.1, -0.05) is 93.8 Å². The number of aryl methyl sites for hydroxylation is 1. The van der Waals surface area contributed by atoms with Crippen LogP contribution in [0.5, 0.6) is 0 Å². The molecule has 0 aliphatic heterocycles. The zero-order chi connectivity index (χ0) is 21.6. The van der Waals surface area contributed by atoms with Crippen LogP contribution >= 0.6 is 0 Å². The quantitative estimate of drug-likeness (QED) is 0.361. The first kappa shape index (κ1) is 21.8. The summed E-state index contributed by atoms with van der Waals surface area (Å²) in [4.78, 5) is 0. The van der Waals surface area contributed by atoms with Crippen LogP contribution in [-0.4, -0.2) is 0 Å². The van der Waals surface area contributed by atoms with Gasteiger partial charge in [-0.05, 0) is 77.8 Å². The molecule has 0 aromatic heterocycles. The zero-order valence-corrected chi connectivity index (χ0v) is 19.0. The minimum atomic E-state index is -0.156. The molecular formula is C30H35F. The van der Waals surface area contributed by atoms with Crippen molar-refractivity contribution in [2.24, 2.45) is 5.92 Å². The number of benzene rings is 3. The Balaban J connectivity index is 1.44. The summed E-state index contributed by atoms with van der Waals surface area (Å²) in [5, 5.41) is 0. The van der Waals surface area contributed by atoms with Crippen molar-refractivity contribution in [2.75, 3.05) is 0 Å². The van der Waals surface area contributed by atoms with Gasteiger partial charge in [0.1, 0.15) is 5.82 Å². The van der Waals surface area contributed by atoms with Gasteiger partial charge < -0.3 is 0 Å². The molecule has 4 rings (SSSR count). The molecule has 0 bridgehead atoms. The predicted octanol–water partition coefficient (Wildman–Crippen LogP) is 9.19. The second-order valence-corrected chi connectivity index (χ2v) is 9.23. The molecular weight excluding hydrogens is 379 g/mol. The molecule has 0 amide bonds. The first-order valence-electron chi connectivity index (χ1n) is 12.2. The molecule has 0 radical (unpaired) electrons. The molecule has 1 saturated carbocycles. The van der Waals surface area contributed by atoms with Crippen LogP contribution in [0.2, 0.25) is 0 Å². The summed E-state index contributed by atoms with van der Waals surface area (Å²) in [6.07, 6.45) is 10.5. The van der Waals surface area contributed by atoms with Crippen LogP contribution in [0.15, 0.2) is 66.7 Å². The molecule has 0 N–H and O–H groups in total. The number of hydrogen-bond acceptors (Lipinski definition) is 0. The topological polar surface area (TPSA) is 0 Å². The van der Waals surface area contributed by atoms with Gasteiger partial charge >= 0.3 is 0 Å². The third-order valence-corrected chi connectivity index (χ3v) is 7.17. The summed E-state index contributed by atoms with van der Waals surface area (Å²) >= 11 is 0. The lowest BCUT2D eigenvalue weighted by Crippen LogP contribution is -2.13. The minimum absolute atomic E-state index is 0.156. The fraction of sp³-hybridized carbons (Fsp3) is 0.400. The van der Waals surface area contributed by atoms with Crippen molar-refractivity contribution < 1.29 is 4.39 Å². The average molecular weight is 415 g/mol. The standard InChI is InChI=1S/C30H35F/c1-3-5-6-23-9-11-24(12-10-23)25-15-17-26(18-16-25)28-19-20-29(30(31)21-28)27-13-7-22(4-2)8-14-27/h7-8,13-21,23-24H,3-6,9-12H2,1-2H3. The van der Waals surface area contributed by atoms with E-state index in [0.29, 0.717) is 11.5 Å². The number of unbranched alkanes of at least 4 members (excludes halogenated alkanes) is 1. The van der Waals surface area contributed by atoms with Crippen molar-refractivity contribution in [3.05, 3.63) is 83.7 Å². The lowest BCUT2D eigenvalue weighted by atomic mass is 9.77. The van der Waals surface area contributed by atoms with Crippen molar-refractivity contribution >= 4 is 0 Å². The van der Waals surface area contributed by atoms with Gasteiger partial charge in [-0.15, -0.1) is 0 Å². The number of hydrogen-bond donors (Lipinski definition) is 0. The van der Waals surface area contributed by atoms with Crippen molar-refractivity contribution in [1.82, 2.24) is 0 Å². The van der Waals surface area contributed by atoms with Crippen molar-refractivity contribution in [3.63, 3.8) is 0 Å². The van der Waals surface area contributed by atoms with Crippen LogP contribution in [-0.2, 0) is 6.42 Å². The van der Waals surface area contributed by atoms with Crippen LogP contribution in [0.4, 0.5) is 4.39 Å². The van der Waals surface area contributed by atoms with Gasteiger partial charge in [0.25, 0.3) is 0 Å². The fourth-order valence-corrected chi connectivity index (χ4v) is 5.07. The molecule has 1 aliphatic rings. The van der Waals surface area contributed by atoms with Gasteiger partial charge in [-0.2, -0.15) is 0 Å². The molecule has 0 unspecified atom stereocenters. The first-order chi connectivity index (χ1) is 15.2. The molecule has 0 spiro atoms. The van der Waals surface area contributed by atoms with E-state index in [0.717, 1.165) is 29.0 Å². The fourth-order valence-electron chi connectivity index (χ4n) is 5.07. The predicted molar refractivity (Wildman–Crippen MR) is 131 cm³/mol. The molecule has 162 valence electrons. The van der Waals surface area contributed by atoms with E-state index in [-0.39, 0.29) is 5.82 Å². The van der Waals surface area contributed by atoms with Crippen LogP contribution in [0, 0.1) is 11.7 Å². The van der Waals surface area contributed by atoms with Crippen molar-refractivity contribution in [2.45, 2.75) is 71.1 Å². The normalized spacial score (nSPS) is 18.8. The number of rotatable bonds is 7. The Bertz CT molecular complexity index is 960. The van der Waals surface area contributed by atoms with Crippen LogP contribution < -0.4 is 0 Å². The summed E-state index contributed by atoms with van der Waals surface area (Å²) in [6, 6.07) is 22.7. The van der Waals surface area contributed by atoms with Gasteiger partial charge in [0, 0.05) is 5.56 Å². The highest BCUT2D eigenvalue weighted by Gasteiger charge is 2.22. The van der Waals surface area contributed by atoms with Gasteiger partial charge in [-0.25, -0.2) is 4.39 Å². The second kappa shape index (κ2) is 10.3. The van der Waals surface area contributed by atoms with E-state index in [1.165, 1.54) is 56.1 Å². The Morgan fingerprint density at radius 3 is 2.00 bits per heavy atom. The van der Waals surface area contributed by atoms with Crippen LogP contribution in [0.1, 0.15) is 75.8 Å². The van der Waals surface area contributed by atoms with Crippen LogP contribution in [0.3, 0.4) is 0 Å². The molecule has 0 atom stereocenters. The summed E-state index contributed by atoms with van der Waals surface area (Å²) in [7, 11) is 0. The summed E-state index contributed by atoms with van der Waals surface area (Å²) in [5.41, 5.74) is 6.36. The molecule has 0 heterocycles. The van der Waals surface area contributed by atoms with Crippen molar-refractivity contribution in [3.8, 4) is 22.3 Å². The summed E-state index contributed by atoms with van der Waals surface area (Å²) in [6.45, 7) is 4.42. The second-order valence-electron chi connectivity index (χ2n) is 9.23. The zero-order valence-electron chi connectivity index (χ0n) is 19.0. The monoisotopic (exact) mass is 414 g/mol. The Kier molecular flexibility index (Phi) is 7.22. The molecule has 3 aromatic carbocycles. The van der Waals surface area contributed by atoms with E-state index in [4.69, 9.17) is 0 Å². The highest BCUT2D eigenvalue weighted by molar-refractivity contribution is 5.71.